The van der Waals surface area contributed by atoms with Gasteiger partial charge in [-0.1, -0.05) is 0 Å². The first-order valence-corrected chi connectivity index (χ1v) is 6.44. The number of benzene rings is 2. The molecule has 0 aliphatic heterocycles. The highest BCUT2D eigenvalue weighted by atomic mass is 15.5. The van der Waals surface area contributed by atoms with Gasteiger partial charge in [0, 0.05) is 11.1 Å². The third-order valence-corrected chi connectivity index (χ3v) is 3.18. The number of nitriles is 2. The maximum absolute atomic E-state index is 8.82. The van der Waals surface area contributed by atoms with Gasteiger partial charge in [-0.25, -0.2) is 4.98 Å². The second-order valence-corrected chi connectivity index (χ2v) is 4.58. The van der Waals surface area contributed by atoms with E-state index >= 15 is 0 Å². The van der Waals surface area contributed by atoms with Gasteiger partial charge in [-0.2, -0.15) is 15.3 Å². The second kappa shape index (κ2) is 5.39. The SMILES string of the molecule is N#Cc1ccc(-c2nc(-c3ccc(C#N)cc3)n(N)n2)cc1. The van der Waals surface area contributed by atoms with Crippen LogP contribution in [0, 0.1) is 22.7 Å². The summed E-state index contributed by atoms with van der Waals surface area (Å²) >= 11 is 0. The third kappa shape index (κ3) is 2.37. The van der Waals surface area contributed by atoms with E-state index in [-0.39, 0.29) is 0 Å². The van der Waals surface area contributed by atoms with E-state index in [9.17, 15) is 0 Å². The van der Waals surface area contributed by atoms with Crippen molar-refractivity contribution in [3.05, 3.63) is 59.7 Å². The summed E-state index contributed by atoms with van der Waals surface area (Å²) in [6.07, 6.45) is 0. The second-order valence-electron chi connectivity index (χ2n) is 4.58. The van der Waals surface area contributed by atoms with Gasteiger partial charge < -0.3 is 5.84 Å². The van der Waals surface area contributed by atoms with Crippen molar-refractivity contribution < 1.29 is 0 Å². The summed E-state index contributed by atoms with van der Waals surface area (Å²) in [6.45, 7) is 0. The van der Waals surface area contributed by atoms with Crippen molar-refractivity contribution in [2.24, 2.45) is 0 Å². The van der Waals surface area contributed by atoms with Crippen molar-refractivity contribution in [3.8, 4) is 34.9 Å². The van der Waals surface area contributed by atoms with Gasteiger partial charge in [-0.3, -0.25) is 0 Å². The molecule has 2 aromatic carbocycles. The number of nitrogens with two attached hydrogens (primary N) is 1. The molecule has 6 nitrogen and oxygen atoms in total. The standard InChI is InChI=1S/C16H10N6/c17-9-11-1-5-13(6-2-11)15-20-16(22(19)21-15)14-7-3-12(10-18)4-8-14/h1-8H,19H2. The summed E-state index contributed by atoms with van der Waals surface area (Å²) in [5, 5.41) is 21.8. The number of hydrogen-bond donors (Lipinski definition) is 1. The summed E-state index contributed by atoms with van der Waals surface area (Å²) in [6, 6.07) is 18.0. The fourth-order valence-electron chi connectivity index (χ4n) is 2.03. The van der Waals surface area contributed by atoms with Crippen LogP contribution < -0.4 is 5.84 Å². The Morgan fingerprint density at radius 2 is 1.32 bits per heavy atom. The van der Waals surface area contributed by atoms with Crippen molar-refractivity contribution in [2.45, 2.75) is 0 Å². The van der Waals surface area contributed by atoms with E-state index in [0.29, 0.717) is 22.8 Å². The van der Waals surface area contributed by atoms with Crippen LogP contribution in [0.1, 0.15) is 11.1 Å². The molecular formula is C16H10N6. The lowest BCUT2D eigenvalue weighted by Gasteiger charge is -1.98. The van der Waals surface area contributed by atoms with Gasteiger partial charge in [0.1, 0.15) is 0 Å². The molecule has 1 aromatic heterocycles. The molecule has 0 bridgehead atoms. The predicted octanol–water partition coefficient (Wildman–Crippen LogP) is 2.07. The minimum absolute atomic E-state index is 0.478. The molecule has 0 saturated heterocycles. The molecule has 0 spiro atoms. The van der Waals surface area contributed by atoms with Crippen LogP contribution in [0.25, 0.3) is 22.8 Å². The van der Waals surface area contributed by atoms with E-state index in [1.54, 1.807) is 48.5 Å². The molecule has 1 heterocycles. The van der Waals surface area contributed by atoms with Gasteiger partial charge in [0.15, 0.2) is 11.6 Å². The summed E-state index contributed by atoms with van der Waals surface area (Å²) in [5.41, 5.74) is 2.69. The van der Waals surface area contributed by atoms with E-state index in [1.807, 2.05) is 0 Å². The molecule has 0 aliphatic rings. The van der Waals surface area contributed by atoms with Gasteiger partial charge in [0.05, 0.1) is 23.3 Å². The fraction of sp³-hybridized carbons (Fsp3) is 0. The first kappa shape index (κ1) is 13.3. The normalized spacial score (nSPS) is 9.91. The smallest absolute Gasteiger partial charge is 0.183 e. The molecule has 0 atom stereocenters. The molecule has 3 aromatic rings. The summed E-state index contributed by atoms with van der Waals surface area (Å²) in [7, 11) is 0. The molecule has 0 saturated carbocycles. The summed E-state index contributed by atoms with van der Waals surface area (Å²) < 4.78 is 0. The molecule has 2 N–H and O–H groups in total. The molecule has 104 valence electrons. The average Bonchev–Trinajstić information content (AvgIpc) is 2.97. The molecule has 0 amide bonds. The topological polar surface area (TPSA) is 104 Å². The molecule has 3 rings (SSSR count). The van der Waals surface area contributed by atoms with Crippen molar-refractivity contribution in [3.63, 3.8) is 0 Å². The molecule has 0 radical (unpaired) electrons. The Balaban J connectivity index is 1.99. The maximum Gasteiger partial charge on any atom is 0.183 e. The summed E-state index contributed by atoms with van der Waals surface area (Å²) in [5.74, 6) is 6.84. The molecule has 22 heavy (non-hydrogen) atoms. The van der Waals surface area contributed by atoms with Crippen LogP contribution in [0.15, 0.2) is 48.5 Å². The Morgan fingerprint density at radius 1 is 0.818 bits per heavy atom. The minimum atomic E-state index is 0.478. The van der Waals surface area contributed by atoms with Crippen LogP contribution in [-0.4, -0.2) is 14.9 Å². The van der Waals surface area contributed by atoms with Crippen molar-refractivity contribution in [2.75, 3.05) is 5.84 Å². The van der Waals surface area contributed by atoms with E-state index in [1.165, 1.54) is 4.79 Å². The van der Waals surface area contributed by atoms with Crippen molar-refractivity contribution in [1.29, 1.82) is 10.5 Å². The molecular weight excluding hydrogens is 276 g/mol. The lowest BCUT2D eigenvalue weighted by atomic mass is 10.1. The molecule has 0 unspecified atom stereocenters. The maximum atomic E-state index is 8.82. The van der Waals surface area contributed by atoms with E-state index in [2.05, 4.69) is 22.2 Å². The van der Waals surface area contributed by atoms with E-state index < -0.39 is 0 Å². The molecule has 0 fully saturated rings. The van der Waals surface area contributed by atoms with Crippen LogP contribution in [0.2, 0.25) is 0 Å². The largest absolute Gasteiger partial charge is 0.321 e. The Morgan fingerprint density at radius 3 is 1.82 bits per heavy atom. The lowest BCUT2D eigenvalue weighted by Crippen LogP contribution is -2.11. The highest BCUT2D eigenvalue weighted by Gasteiger charge is 2.12. The van der Waals surface area contributed by atoms with E-state index in [4.69, 9.17) is 16.4 Å². The Kier molecular flexibility index (Phi) is 3.27. The van der Waals surface area contributed by atoms with Gasteiger partial charge in [-0.05, 0) is 48.5 Å². The van der Waals surface area contributed by atoms with Crippen LogP contribution in [0.5, 0.6) is 0 Å². The highest BCUT2D eigenvalue weighted by Crippen LogP contribution is 2.21. The Bertz CT molecular complexity index is 892. The van der Waals surface area contributed by atoms with Gasteiger partial charge in [-0.15, -0.1) is 5.10 Å². The van der Waals surface area contributed by atoms with E-state index in [0.717, 1.165) is 11.1 Å². The molecule has 6 heteroatoms. The van der Waals surface area contributed by atoms with Crippen LogP contribution >= 0.6 is 0 Å². The van der Waals surface area contributed by atoms with Gasteiger partial charge in [0.2, 0.25) is 0 Å². The molecule has 0 aliphatic carbocycles. The van der Waals surface area contributed by atoms with Crippen molar-refractivity contribution in [1.82, 2.24) is 14.9 Å². The number of nitrogens with zero attached hydrogens (tertiary/aromatic N) is 5. The minimum Gasteiger partial charge on any atom is -0.321 e. The first-order valence-electron chi connectivity index (χ1n) is 6.44. The highest BCUT2D eigenvalue weighted by molar-refractivity contribution is 5.63. The Hall–Kier alpha value is -3.64. The lowest BCUT2D eigenvalue weighted by molar-refractivity contribution is 0.842. The number of aromatic nitrogens is 3. The van der Waals surface area contributed by atoms with Gasteiger partial charge >= 0.3 is 0 Å². The number of nitrogen functional groups attached to an aromatic ring is 1. The van der Waals surface area contributed by atoms with Gasteiger partial charge in [0.25, 0.3) is 0 Å². The quantitative estimate of drug-likeness (QED) is 0.726. The zero-order valence-corrected chi connectivity index (χ0v) is 11.4. The Labute approximate surface area is 126 Å². The first-order chi connectivity index (χ1) is 10.7. The number of hydrogen-bond acceptors (Lipinski definition) is 5. The monoisotopic (exact) mass is 286 g/mol. The average molecular weight is 286 g/mol. The van der Waals surface area contributed by atoms with Crippen LogP contribution in [-0.2, 0) is 0 Å². The van der Waals surface area contributed by atoms with Crippen LogP contribution in [0.4, 0.5) is 0 Å². The summed E-state index contributed by atoms with van der Waals surface area (Å²) in [4.78, 5) is 5.63. The predicted molar refractivity (Wildman–Crippen MR) is 80.5 cm³/mol. The van der Waals surface area contributed by atoms with Crippen molar-refractivity contribution >= 4 is 0 Å². The number of rotatable bonds is 2. The fourth-order valence-corrected chi connectivity index (χ4v) is 2.03. The third-order valence-electron chi connectivity index (χ3n) is 3.18. The van der Waals surface area contributed by atoms with Crippen LogP contribution in [0.3, 0.4) is 0 Å². The zero-order valence-electron chi connectivity index (χ0n) is 11.4. The zero-order chi connectivity index (χ0) is 15.5.